The maximum absolute atomic E-state index is 14.1. The molecule has 1 aromatic carbocycles. The fraction of sp³-hybridized carbons (Fsp3) is 0.579. The molecule has 0 atom stereocenters. The van der Waals surface area contributed by atoms with Crippen LogP contribution in [-0.4, -0.2) is 53.9 Å². The Balaban J connectivity index is 1.64. The number of hydrogen-bond acceptors (Lipinski definition) is 3. The monoisotopic (exact) mass is 348 g/mol. The van der Waals surface area contributed by atoms with Gasteiger partial charge in [-0.15, -0.1) is 0 Å². The summed E-state index contributed by atoms with van der Waals surface area (Å²) in [5.41, 5.74) is 0.315. The summed E-state index contributed by atoms with van der Waals surface area (Å²) in [7, 11) is 0. The third kappa shape index (κ3) is 4.30. The van der Waals surface area contributed by atoms with E-state index in [-0.39, 0.29) is 29.6 Å². The van der Waals surface area contributed by atoms with Crippen molar-refractivity contribution in [3.05, 3.63) is 29.6 Å². The fourth-order valence-electron chi connectivity index (χ4n) is 3.10. The van der Waals surface area contributed by atoms with Crippen LogP contribution in [0.15, 0.2) is 18.2 Å². The second-order valence-electron chi connectivity index (χ2n) is 7.06. The Morgan fingerprint density at radius 2 is 1.80 bits per heavy atom. The number of amides is 2. The lowest BCUT2D eigenvalue weighted by atomic mass is 10.1. The van der Waals surface area contributed by atoms with Crippen molar-refractivity contribution >= 4 is 11.8 Å². The molecule has 1 saturated heterocycles. The summed E-state index contributed by atoms with van der Waals surface area (Å²) in [5.74, 6) is -0.153. The Morgan fingerprint density at radius 1 is 1.12 bits per heavy atom. The van der Waals surface area contributed by atoms with E-state index in [9.17, 15) is 14.0 Å². The minimum atomic E-state index is -0.528. The molecule has 3 rings (SSSR count). The highest BCUT2D eigenvalue weighted by molar-refractivity contribution is 5.94. The lowest BCUT2D eigenvalue weighted by Crippen LogP contribution is -2.38. The molecule has 0 N–H and O–H groups in total. The Morgan fingerprint density at radius 3 is 2.44 bits per heavy atom. The molecule has 0 spiro atoms. The number of nitrogens with zero attached hydrogens (tertiary/aromatic N) is 2. The predicted molar refractivity (Wildman–Crippen MR) is 92.0 cm³/mol. The van der Waals surface area contributed by atoms with Gasteiger partial charge in [0.2, 0.25) is 5.91 Å². The van der Waals surface area contributed by atoms with Crippen molar-refractivity contribution in [2.45, 2.75) is 39.2 Å². The Hall–Kier alpha value is -2.11. The summed E-state index contributed by atoms with van der Waals surface area (Å²) in [6, 6.07) is 4.34. The van der Waals surface area contributed by atoms with Crippen LogP contribution in [0, 0.1) is 11.7 Å². The third-order valence-corrected chi connectivity index (χ3v) is 4.56. The van der Waals surface area contributed by atoms with Crippen LogP contribution in [0.2, 0.25) is 0 Å². The van der Waals surface area contributed by atoms with Crippen LogP contribution in [0.25, 0.3) is 0 Å². The first-order valence-electron chi connectivity index (χ1n) is 9.00. The molecule has 0 radical (unpaired) electrons. The summed E-state index contributed by atoms with van der Waals surface area (Å²) in [6.45, 7) is 5.96. The average Bonchev–Trinajstić information content (AvgIpc) is 3.41. The van der Waals surface area contributed by atoms with Crippen LogP contribution in [-0.2, 0) is 4.79 Å². The van der Waals surface area contributed by atoms with Crippen molar-refractivity contribution in [1.82, 2.24) is 9.80 Å². The molecule has 5 nitrogen and oxygen atoms in total. The Labute approximate surface area is 147 Å². The van der Waals surface area contributed by atoms with Crippen LogP contribution >= 0.6 is 0 Å². The van der Waals surface area contributed by atoms with Gasteiger partial charge in [0.05, 0.1) is 6.10 Å². The minimum absolute atomic E-state index is 0.128. The van der Waals surface area contributed by atoms with E-state index in [1.807, 2.05) is 18.7 Å². The van der Waals surface area contributed by atoms with Crippen molar-refractivity contribution < 1.29 is 18.7 Å². The van der Waals surface area contributed by atoms with Crippen molar-refractivity contribution in [1.29, 1.82) is 0 Å². The van der Waals surface area contributed by atoms with E-state index in [2.05, 4.69) is 0 Å². The van der Waals surface area contributed by atoms with Gasteiger partial charge in [-0.3, -0.25) is 9.59 Å². The van der Waals surface area contributed by atoms with Crippen LogP contribution in [0.5, 0.6) is 5.75 Å². The highest BCUT2D eigenvalue weighted by Crippen LogP contribution is 2.31. The van der Waals surface area contributed by atoms with E-state index in [4.69, 9.17) is 4.74 Å². The van der Waals surface area contributed by atoms with E-state index in [0.717, 1.165) is 19.3 Å². The van der Waals surface area contributed by atoms with E-state index < -0.39 is 5.82 Å². The van der Waals surface area contributed by atoms with Gasteiger partial charge >= 0.3 is 0 Å². The van der Waals surface area contributed by atoms with E-state index in [1.54, 1.807) is 11.0 Å². The highest BCUT2D eigenvalue weighted by atomic mass is 19.1. The first-order valence-corrected chi connectivity index (χ1v) is 9.00. The summed E-state index contributed by atoms with van der Waals surface area (Å²) in [5, 5.41) is 0. The van der Waals surface area contributed by atoms with Crippen LogP contribution in [0.3, 0.4) is 0 Å². The zero-order valence-electron chi connectivity index (χ0n) is 14.8. The third-order valence-electron chi connectivity index (χ3n) is 4.56. The molecular formula is C19H25FN2O3. The first kappa shape index (κ1) is 17.7. The number of hydrogen-bond donors (Lipinski definition) is 0. The normalized spacial score (nSPS) is 18.2. The molecule has 0 unspecified atom stereocenters. The quantitative estimate of drug-likeness (QED) is 0.841. The second kappa shape index (κ2) is 7.42. The largest absolute Gasteiger partial charge is 0.488 e. The highest BCUT2D eigenvalue weighted by Gasteiger charge is 2.34. The maximum Gasteiger partial charge on any atom is 0.254 e. The van der Waals surface area contributed by atoms with Gasteiger partial charge in [0.25, 0.3) is 5.91 Å². The molecule has 2 aliphatic rings. The van der Waals surface area contributed by atoms with Crippen molar-refractivity contribution in [2.24, 2.45) is 5.92 Å². The first-order chi connectivity index (χ1) is 12.0. The summed E-state index contributed by atoms with van der Waals surface area (Å²) >= 11 is 0. The number of carbonyl (C=O) groups excluding carboxylic acids is 2. The van der Waals surface area contributed by atoms with Crippen molar-refractivity contribution in [2.75, 3.05) is 26.2 Å². The van der Waals surface area contributed by atoms with E-state index in [0.29, 0.717) is 31.7 Å². The molecule has 1 saturated carbocycles. The zero-order valence-corrected chi connectivity index (χ0v) is 14.8. The Kier molecular flexibility index (Phi) is 5.25. The molecular weight excluding hydrogens is 323 g/mol. The summed E-state index contributed by atoms with van der Waals surface area (Å²) in [4.78, 5) is 28.4. The number of benzene rings is 1. The number of ether oxygens (including phenoxy) is 1. The molecule has 0 aromatic heterocycles. The van der Waals surface area contributed by atoms with Gasteiger partial charge < -0.3 is 14.5 Å². The van der Waals surface area contributed by atoms with Gasteiger partial charge in [-0.1, -0.05) is 0 Å². The topological polar surface area (TPSA) is 49.9 Å². The molecule has 6 heteroatoms. The fourth-order valence-corrected chi connectivity index (χ4v) is 3.10. The number of halogens is 1. The number of carbonyl (C=O) groups is 2. The van der Waals surface area contributed by atoms with E-state index in [1.165, 1.54) is 12.1 Å². The SMILES string of the molecule is CC(C)Oc1ccc(C(=O)N2CCCN(C(=O)C3CC3)CC2)cc1F. The van der Waals surface area contributed by atoms with Gasteiger partial charge in [-0.05, 0) is 51.3 Å². The lowest BCUT2D eigenvalue weighted by Gasteiger charge is -2.22. The molecule has 1 aliphatic heterocycles. The maximum atomic E-state index is 14.1. The zero-order chi connectivity index (χ0) is 18.0. The van der Waals surface area contributed by atoms with Gasteiger partial charge in [0.1, 0.15) is 0 Å². The molecule has 2 amide bonds. The predicted octanol–water partition coefficient (Wildman–Crippen LogP) is 2.70. The lowest BCUT2D eigenvalue weighted by molar-refractivity contribution is -0.132. The second-order valence-corrected chi connectivity index (χ2v) is 7.06. The molecule has 0 bridgehead atoms. The molecule has 136 valence electrons. The van der Waals surface area contributed by atoms with Gasteiger partial charge in [-0.2, -0.15) is 0 Å². The van der Waals surface area contributed by atoms with E-state index >= 15 is 0 Å². The standard InChI is InChI=1S/C19H25FN2O3/c1-13(2)25-17-7-6-15(12-16(17)20)19(24)22-9-3-8-21(10-11-22)18(23)14-4-5-14/h6-7,12-14H,3-5,8-11H2,1-2H3. The molecule has 2 fully saturated rings. The smallest absolute Gasteiger partial charge is 0.254 e. The summed E-state index contributed by atoms with van der Waals surface area (Å²) < 4.78 is 19.5. The molecule has 1 heterocycles. The van der Waals surface area contributed by atoms with Crippen LogP contribution < -0.4 is 4.74 Å². The van der Waals surface area contributed by atoms with Crippen molar-refractivity contribution in [3.63, 3.8) is 0 Å². The van der Waals surface area contributed by atoms with Crippen LogP contribution in [0.4, 0.5) is 4.39 Å². The van der Waals surface area contributed by atoms with Gasteiger partial charge in [0, 0.05) is 37.7 Å². The number of rotatable bonds is 4. The molecule has 1 aromatic rings. The Bertz CT molecular complexity index is 658. The molecule has 25 heavy (non-hydrogen) atoms. The summed E-state index contributed by atoms with van der Waals surface area (Å²) in [6.07, 6.45) is 2.60. The van der Waals surface area contributed by atoms with Crippen molar-refractivity contribution in [3.8, 4) is 5.75 Å². The van der Waals surface area contributed by atoms with Crippen LogP contribution in [0.1, 0.15) is 43.5 Å². The van der Waals surface area contributed by atoms with Gasteiger partial charge in [-0.25, -0.2) is 4.39 Å². The average molecular weight is 348 g/mol. The van der Waals surface area contributed by atoms with Gasteiger partial charge in [0.15, 0.2) is 11.6 Å². The molecule has 1 aliphatic carbocycles. The minimum Gasteiger partial charge on any atom is -0.488 e.